The Hall–Kier alpha value is -2.12. The number of carbonyl (C=O) groups excluding carboxylic acids is 3. The van der Waals surface area contributed by atoms with Gasteiger partial charge in [-0.1, -0.05) is 29.3 Å². The molecular formula is C16H18Cl2N4O3. The summed E-state index contributed by atoms with van der Waals surface area (Å²) < 4.78 is 0. The molecule has 0 spiro atoms. The Kier molecular flexibility index (Phi) is 6.39. The summed E-state index contributed by atoms with van der Waals surface area (Å²) in [6.45, 7) is 1.90. The van der Waals surface area contributed by atoms with Crippen LogP contribution < -0.4 is 5.32 Å². The maximum absolute atomic E-state index is 12.5. The number of hydrogen-bond donors (Lipinski definition) is 1. The molecule has 0 bridgehead atoms. The van der Waals surface area contributed by atoms with Gasteiger partial charge in [-0.3, -0.25) is 14.4 Å². The van der Waals surface area contributed by atoms with Crippen LogP contribution in [-0.2, 0) is 14.4 Å². The molecule has 0 radical (unpaired) electrons. The van der Waals surface area contributed by atoms with E-state index >= 15 is 0 Å². The molecule has 3 amide bonds. The number of rotatable bonds is 5. The van der Waals surface area contributed by atoms with Gasteiger partial charge in [0.2, 0.25) is 11.8 Å². The van der Waals surface area contributed by atoms with E-state index in [0.29, 0.717) is 22.3 Å². The summed E-state index contributed by atoms with van der Waals surface area (Å²) in [5, 5.41) is 8.37. The quantitative estimate of drug-likeness (QED) is 0.845. The first-order valence-electron chi connectivity index (χ1n) is 7.70. The monoisotopic (exact) mass is 384 g/mol. The van der Waals surface area contributed by atoms with Crippen LogP contribution in [0.4, 0.5) is 5.69 Å². The van der Waals surface area contributed by atoms with E-state index < -0.39 is 5.91 Å². The Bertz CT molecular complexity index is 716. The number of carbonyl (C=O) groups is 3. The van der Waals surface area contributed by atoms with Crippen molar-refractivity contribution in [2.45, 2.75) is 19.8 Å². The first-order valence-corrected chi connectivity index (χ1v) is 8.46. The van der Waals surface area contributed by atoms with Crippen molar-refractivity contribution in [3.05, 3.63) is 28.2 Å². The zero-order valence-corrected chi connectivity index (χ0v) is 15.4. The number of nitrogens with one attached hydrogen (secondary N) is 1. The molecule has 0 unspecified atom stereocenters. The zero-order valence-electron chi connectivity index (χ0n) is 13.9. The Labute approximate surface area is 155 Å². The molecule has 0 atom stereocenters. The highest BCUT2D eigenvalue weighted by Gasteiger charge is 2.26. The normalized spacial score (nSPS) is 14.2. The second-order valence-electron chi connectivity index (χ2n) is 5.43. The summed E-state index contributed by atoms with van der Waals surface area (Å²) in [6, 6.07) is 4.88. The van der Waals surface area contributed by atoms with Gasteiger partial charge in [-0.25, -0.2) is 5.01 Å². The SMILES string of the molecule is CCN(CC(=O)Nc1c(Cl)cccc1Cl)C(=O)C1=NN(C)C(=O)CC1. The second-order valence-corrected chi connectivity index (χ2v) is 6.24. The third-order valence-electron chi connectivity index (χ3n) is 3.68. The molecule has 0 saturated heterocycles. The average molecular weight is 385 g/mol. The van der Waals surface area contributed by atoms with Crippen molar-refractivity contribution in [1.29, 1.82) is 0 Å². The number of hydrazone groups is 1. The first kappa shape index (κ1) is 19.2. The zero-order chi connectivity index (χ0) is 18.6. The molecule has 0 saturated carbocycles. The Morgan fingerprint density at radius 3 is 2.48 bits per heavy atom. The predicted octanol–water partition coefficient (Wildman–Crippen LogP) is 2.39. The fourth-order valence-electron chi connectivity index (χ4n) is 2.30. The third-order valence-corrected chi connectivity index (χ3v) is 4.31. The molecule has 9 heteroatoms. The molecule has 1 aromatic rings. The average Bonchev–Trinajstić information content (AvgIpc) is 2.58. The minimum absolute atomic E-state index is 0.147. The molecular weight excluding hydrogens is 367 g/mol. The van der Waals surface area contributed by atoms with Crippen molar-refractivity contribution in [2.75, 3.05) is 25.5 Å². The van der Waals surface area contributed by atoms with Gasteiger partial charge in [0.05, 0.1) is 15.7 Å². The number of nitrogens with zero attached hydrogens (tertiary/aromatic N) is 3. The highest BCUT2D eigenvalue weighted by Crippen LogP contribution is 2.29. The molecule has 25 heavy (non-hydrogen) atoms. The van der Waals surface area contributed by atoms with Crippen LogP contribution in [0.25, 0.3) is 0 Å². The molecule has 134 valence electrons. The Balaban J connectivity index is 2.06. The molecule has 0 aromatic heterocycles. The summed E-state index contributed by atoms with van der Waals surface area (Å²) in [5.74, 6) is -0.945. The molecule has 1 aliphatic heterocycles. The van der Waals surface area contributed by atoms with Crippen LogP contribution >= 0.6 is 23.2 Å². The van der Waals surface area contributed by atoms with E-state index in [-0.39, 0.29) is 36.9 Å². The van der Waals surface area contributed by atoms with Crippen LogP contribution in [0.2, 0.25) is 10.0 Å². The lowest BCUT2D eigenvalue weighted by atomic mass is 10.1. The minimum Gasteiger partial charge on any atom is -0.329 e. The van der Waals surface area contributed by atoms with Crippen molar-refractivity contribution in [3.63, 3.8) is 0 Å². The van der Waals surface area contributed by atoms with Gasteiger partial charge in [0.1, 0.15) is 12.3 Å². The topological polar surface area (TPSA) is 82.1 Å². The highest BCUT2D eigenvalue weighted by atomic mass is 35.5. The fourth-order valence-corrected chi connectivity index (χ4v) is 2.79. The van der Waals surface area contributed by atoms with Gasteiger partial charge < -0.3 is 10.2 Å². The number of amides is 3. The highest BCUT2D eigenvalue weighted by molar-refractivity contribution is 6.40. The van der Waals surface area contributed by atoms with Crippen LogP contribution in [0.5, 0.6) is 0 Å². The predicted molar refractivity (Wildman–Crippen MR) is 96.8 cm³/mol. The molecule has 1 aromatic carbocycles. The van der Waals surface area contributed by atoms with Gasteiger partial charge in [0.15, 0.2) is 0 Å². The van der Waals surface area contributed by atoms with E-state index in [1.807, 2.05) is 0 Å². The van der Waals surface area contributed by atoms with Gasteiger partial charge in [-0.05, 0) is 19.1 Å². The maximum atomic E-state index is 12.5. The third kappa shape index (κ3) is 4.70. The summed E-state index contributed by atoms with van der Waals surface area (Å²) in [6.07, 6.45) is 0.483. The van der Waals surface area contributed by atoms with Crippen LogP contribution in [0.3, 0.4) is 0 Å². The van der Waals surface area contributed by atoms with Crippen molar-refractivity contribution < 1.29 is 14.4 Å². The molecule has 0 aliphatic carbocycles. The van der Waals surface area contributed by atoms with Crippen LogP contribution in [-0.4, -0.2) is 53.5 Å². The molecule has 1 heterocycles. The first-order chi connectivity index (χ1) is 11.8. The number of benzene rings is 1. The van der Waals surface area contributed by atoms with Crippen LogP contribution in [0.15, 0.2) is 23.3 Å². The summed E-state index contributed by atoms with van der Waals surface area (Å²) in [5.41, 5.74) is 0.562. The lowest BCUT2D eigenvalue weighted by Crippen LogP contribution is -2.44. The molecule has 7 nitrogen and oxygen atoms in total. The van der Waals surface area contributed by atoms with E-state index in [4.69, 9.17) is 23.2 Å². The number of anilines is 1. The van der Waals surface area contributed by atoms with Crippen molar-refractivity contribution in [2.24, 2.45) is 5.10 Å². The summed E-state index contributed by atoms with van der Waals surface area (Å²) in [7, 11) is 1.50. The largest absolute Gasteiger partial charge is 0.329 e. The van der Waals surface area contributed by atoms with E-state index in [1.54, 1.807) is 25.1 Å². The smallest absolute Gasteiger partial charge is 0.270 e. The Morgan fingerprint density at radius 2 is 1.92 bits per heavy atom. The van der Waals surface area contributed by atoms with E-state index in [0.717, 1.165) is 5.01 Å². The van der Waals surface area contributed by atoms with Crippen LogP contribution in [0.1, 0.15) is 19.8 Å². The fraction of sp³-hybridized carbons (Fsp3) is 0.375. The van der Waals surface area contributed by atoms with E-state index in [9.17, 15) is 14.4 Å². The minimum atomic E-state index is -0.425. The lowest BCUT2D eigenvalue weighted by molar-refractivity contribution is -0.131. The molecule has 1 aliphatic rings. The molecule has 0 fully saturated rings. The summed E-state index contributed by atoms with van der Waals surface area (Å²) in [4.78, 5) is 37.6. The van der Waals surface area contributed by atoms with Gasteiger partial charge >= 0.3 is 0 Å². The lowest BCUT2D eigenvalue weighted by Gasteiger charge is -2.24. The van der Waals surface area contributed by atoms with Crippen molar-refractivity contribution >= 4 is 52.3 Å². The standard InChI is InChI=1S/C16H18Cl2N4O3/c1-3-22(16(25)12-7-8-14(24)21(2)20-12)9-13(23)19-15-10(17)5-4-6-11(15)18/h4-6H,3,7-9H2,1-2H3,(H,19,23). The second kappa shape index (κ2) is 8.31. The van der Waals surface area contributed by atoms with Gasteiger partial charge in [0.25, 0.3) is 5.91 Å². The van der Waals surface area contributed by atoms with Gasteiger partial charge in [-0.15, -0.1) is 0 Å². The van der Waals surface area contributed by atoms with E-state index in [1.165, 1.54) is 11.9 Å². The van der Waals surface area contributed by atoms with Gasteiger partial charge in [0, 0.05) is 26.4 Å². The number of likely N-dealkylation sites (N-methyl/N-ethyl adjacent to an activating group) is 1. The summed E-state index contributed by atoms with van der Waals surface area (Å²) >= 11 is 12.0. The Morgan fingerprint density at radius 1 is 1.28 bits per heavy atom. The maximum Gasteiger partial charge on any atom is 0.270 e. The molecule has 1 N–H and O–H groups in total. The van der Waals surface area contributed by atoms with Crippen molar-refractivity contribution in [3.8, 4) is 0 Å². The van der Waals surface area contributed by atoms with Gasteiger partial charge in [-0.2, -0.15) is 5.10 Å². The molecule has 2 rings (SSSR count). The van der Waals surface area contributed by atoms with Crippen LogP contribution in [0, 0.1) is 0 Å². The number of hydrogen-bond acceptors (Lipinski definition) is 4. The number of halogens is 2. The van der Waals surface area contributed by atoms with E-state index in [2.05, 4.69) is 10.4 Å². The van der Waals surface area contributed by atoms with Crippen molar-refractivity contribution in [1.82, 2.24) is 9.91 Å². The number of para-hydroxylation sites is 1.